The molecule has 0 radical (unpaired) electrons. The number of halogens is 3. The van der Waals surface area contributed by atoms with E-state index >= 15 is 0 Å². The number of carboxylic acids is 1. The maximum atomic E-state index is 14.4. The molecule has 1 aromatic carbocycles. The molecule has 160 valence electrons. The van der Waals surface area contributed by atoms with Crippen LogP contribution in [0.4, 0.5) is 8.78 Å². The molecule has 1 N–H and O–H groups in total. The minimum atomic E-state index is -2.01. The lowest BCUT2D eigenvalue weighted by atomic mass is 9.97. The summed E-state index contributed by atoms with van der Waals surface area (Å²) < 4.78 is 38.4. The van der Waals surface area contributed by atoms with Gasteiger partial charge in [0.2, 0.25) is 0 Å². The summed E-state index contributed by atoms with van der Waals surface area (Å²) in [6.45, 7) is 3.88. The highest BCUT2D eigenvalue weighted by atomic mass is 35.5. The standard InChI is InChI=1S/C23H23ClF2O4/c1-3-29-21(22(27)28)14-17-6-7-20(19(24)13-17)30-12-9-16(2)8-11-23(26)10-4-5-18(25)15-23/h4-7,9-10,13,21H,3,12,14-15H2,1-2H3,(H,27,28)/b16-9-/t21-,23?/m0/s1. The number of rotatable bonds is 8. The van der Waals surface area contributed by atoms with Crippen LogP contribution in [0.15, 0.2) is 53.9 Å². The quantitative estimate of drug-likeness (QED) is 0.567. The molecule has 30 heavy (non-hydrogen) atoms. The number of alkyl halides is 1. The Kier molecular flexibility index (Phi) is 8.64. The molecule has 0 heterocycles. The number of ether oxygens (including phenoxy) is 2. The second-order valence-electron chi connectivity index (χ2n) is 6.71. The molecule has 2 atom stereocenters. The van der Waals surface area contributed by atoms with E-state index in [1.54, 1.807) is 38.1 Å². The van der Waals surface area contributed by atoms with Gasteiger partial charge in [0.15, 0.2) is 11.8 Å². The molecule has 1 aromatic rings. The van der Waals surface area contributed by atoms with Crippen LogP contribution in [0.2, 0.25) is 5.02 Å². The van der Waals surface area contributed by atoms with E-state index in [0.29, 0.717) is 28.5 Å². The van der Waals surface area contributed by atoms with Crippen LogP contribution in [0.1, 0.15) is 25.8 Å². The molecular weight excluding hydrogens is 414 g/mol. The van der Waals surface area contributed by atoms with E-state index in [1.807, 2.05) is 0 Å². The second kappa shape index (κ2) is 11.0. The van der Waals surface area contributed by atoms with Crippen LogP contribution in [0.25, 0.3) is 0 Å². The van der Waals surface area contributed by atoms with Crippen molar-refractivity contribution in [3.8, 4) is 17.6 Å². The lowest BCUT2D eigenvalue weighted by Gasteiger charge is -2.16. The summed E-state index contributed by atoms with van der Waals surface area (Å²) in [4.78, 5) is 11.2. The molecule has 0 bridgehead atoms. The van der Waals surface area contributed by atoms with Gasteiger partial charge in [-0.25, -0.2) is 13.6 Å². The Morgan fingerprint density at radius 3 is 2.87 bits per heavy atom. The van der Waals surface area contributed by atoms with E-state index in [0.717, 1.165) is 0 Å². The van der Waals surface area contributed by atoms with Crippen LogP contribution >= 0.6 is 11.6 Å². The predicted octanol–water partition coefficient (Wildman–Crippen LogP) is 5.22. The van der Waals surface area contributed by atoms with Crippen molar-refractivity contribution in [2.75, 3.05) is 13.2 Å². The third kappa shape index (κ3) is 7.33. The molecule has 1 aliphatic carbocycles. The summed E-state index contributed by atoms with van der Waals surface area (Å²) in [6.07, 6.45) is 4.27. The minimum absolute atomic E-state index is 0.152. The van der Waals surface area contributed by atoms with Gasteiger partial charge in [-0.1, -0.05) is 35.6 Å². The first kappa shape index (κ1) is 23.7. The number of hydrogen-bond donors (Lipinski definition) is 1. The minimum Gasteiger partial charge on any atom is -0.488 e. The first-order valence-corrected chi connectivity index (χ1v) is 9.78. The maximum absolute atomic E-state index is 14.4. The zero-order valence-corrected chi connectivity index (χ0v) is 17.5. The molecule has 7 heteroatoms. The van der Waals surface area contributed by atoms with E-state index < -0.39 is 30.0 Å². The Morgan fingerprint density at radius 2 is 2.23 bits per heavy atom. The Hall–Kier alpha value is -2.62. The van der Waals surface area contributed by atoms with Crippen molar-refractivity contribution in [2.24, 2.45) is 0 Å². The smallest absolute Gasteiger partial charge is 0.333 e. The van der Waals surface area contributed by atoms with E-state index in [1.165, 1.54) is 18.2 Å². The van der Waals surface area contributed by atoms with Crippen molar-refractivity contribution in [1.29, 1.82) is 0 Å². The Labute approximate surface area is 179 Å². The van der Waals surface area contributed by atoms with Gasteiger partial charge in [0.1, 0.15) is 18.2 Å². The number of aliphatic carboxylic acids is 1. The molecule has 1 aliphatic rings. The zero-order chi connectivity index (χ0) is 22.1. The van der Waals surface area contributed by atoms with E-state index in [4.69, 9.17) is 26.2 Å². The van der Waals surface area contributed by atoms with Gasteiger partial charge in [-0.3, -0.25) is 0 Å². The van der Waals surface area contributed by atoms with Crippen LogP contribution in [0.3, 0.4) is 0 Å². The first-order valence-electron chi connectivity index (χ1n) is 9.41. The molecule has 2 rings (SSSR count). The monoisotopic (exact) mass is 436 g/mol. The van der Waals surface area contributed by atoms with Crippen molar-refractivity contribution in [3.63, 3.8) is 0 Å². The van der Waals surface area contributed by atoms with E-state index in [-0.39, 0.29) is 13.0 Å². The molecule has 0 aromatic heterocycles. The summed E-state index contributed by atoms with van der Waals surface area (Å²) >= 11 is 6.22. The number of carbonyl (C=O) groups is 1. The van der Waals surface area contributed by atoms with Crippen molar-refractivity contribution in [2.45, 2.75) is 38.5 Å². The third-order valence-corrected chi connectivity index (χ3v) is 4.52. The highest BCUT2D eigenvalue weighted by Crippen LogP contribution is 2.28. The summed E-state index contributed by atoms with van der Waals surface area (Å²) in [6, 6.07) is 5.00. The SMILES string of the molecule is CCO[C@@H](Cc1ccc(OC/C=C(/C)C#CC2(F)C=CC=C(F)C2)c(Cl)c1)C(=O)O. The number of allylic oxidation sites excluding steroid dienone is 5. The van der Waals surface area contributed by atoms with E-state index in [2.05, 4.69) is 11.8 Å². The summed E-state index contributed by atoms with van der Waals surface area (Å²) in [7, 11) is 0. The fourth-order valence-corrected chi connectivity index (χ4v) is 2.94. The highest BCUT2D eigenvalue weighted by Gasteiger charge is 2.27. The highest BCUT2D eigenvalue weighted by molar-refractivity contribution is 6.32. The third-order valence-electron chi connectivity index (χ3n) is 4.22. The Morgan fingerprint density at radius 1 is 1.47 bits per heavy atom. The van der Waals surface area contributed by atoms with Crippen molar-refractivity contribution in [1.82, 2.24) is 0 Å². The maximum Gasteiger partial charge on any atom is 0.333 e. The second-order valence-corrected chi connectivity index (χ2v) is 7.12. The molecule has 1 unspecified atom stereocenters. The average molecular weight is 437 g/mol. The molecule has 0 aliphatic heterocycles. The topological polar surface area (TPSA) is 55.8 Å². The van der Waals surface area contributed by atoms with Gasteiger partial charge in [-0.2, -0.15) is 0 Å². The summed E-state index contributed by atoms with van der Waals surface area (Å²) in [5, 5.41) is 9.50. The number of carboxylic acid groups (broad SMARTS) is 1. The van der Waals surface area contributed by atoms with Gasteiger partial charge in [0.05, 0.1) is 5.02 Å². The van der Waals surface area contributed by atoms with Crippen LogP contribution in [0, 0.1) is 11.8 Å². The molecule has 0 amide bonds. The average Bonchev–Trinajstić information content (AvgIpc) is 2.67. The van der Waals surface area contributed by atoms with Crippen molar-refractivity contribution < 1.29 is 28.2 Å². The lowest BCUT2D eigenvalue weighted by Crippen LogP contribution is -2.26. The molecule has 4 nitrogen and oxygen atoms in total. The van der Waals surface area contributed by atoms with Gasteiger partial charge in [0, 0.05) is 19.4 Å². The zero-order valence-electron chi connectivity index (χ0n) is 16.8. The largest absolute Gasteiger partial charge is 0.488 e. The molecule has 0 saturated heterocycles. The van der Waals surface area contributed by atoms with Gasteiger partial charge >= 0.3 is 5.97 Å². The first-order chi connectivity index (χ1) is 14.2. The predicted molar refractivity (Wildman–Crippen MR) is 112 cm³/mol. The van der Waals surface area contributed by atoms with Gasteiger partial charge in [0.25, 0.3) is 0 Å². The number of hydrogen-bond acceptors (Lipinski definition) is 3. The molecule has 0 saturated carbocycles. The van der Waals surface area contributed by atoms with Gasteiger partial charge in [-0.15, -0.1) is 0 Å². The lowest BCUT2D eigenvalue weighted by molar-refractivity contribution is -0.149. The summed E-state index contributed by atoms with van der Waals surface area (Å²) in [5.41, 5.74) is -0.728. The Bertz CT molecular complexity index is 927. The molecule has 0 fully saturated rings. The fourth-order valence-electron chi connectivity index (χ4n) is 2.69. The van der Waals surface area contributed by atoms with Crippen molar-refractivity contribution in [3.05, 3.63) is 64.5 Å². The van der Waals surface area contributed by atoms with Crippen LogP contribution < -0.4 is 4.74 Å². The number of benzene rings is 1. The van der Waals surface area contributed by atoms with E-state index in [9.17, 15) is 13.6 Å². The van der Waals surface area contributed by atoms with Crippen LogP contribution in [0.5, 0.6) is 5.75 Å². The Balaban J connectivity index is 1.95. The summed E-state index contributed by atoms with van der Waals surface area (Å²) in [5.74, 6) is 3.95. The molecule has 0 spiro atoms. The van der Waals surface area contributed by atoms with Gasteiger partial charge in [-0.05, 0) is 55.3 Å². The van der Waals surface area contributed by atoms with Crippen molar-refractivity contribution >= 4 is 17.6 Å². The van der Waals surface area contributed by atoms with Crippen LogP contribution in [-0.4, -0.2) is 36.1 Å². The van der Waals surface area contributed by atoms with Gasteiger partial charge < -0.3 is 14.6 Å². The fraction of sp³-hybridized carbons (Fsp3) is 0.348. The molecular formula is C23H23ClF2O4. The normalized spacial score (nSPS) is 19.5. The van der Waals surface area contributed by atoms with Crippen LogP contribution in [-0.2, 0) is 16.0 Å².